The third-order valence-electron chi connectivity index (χ3n) is 2.33. The van der Waals surface area contributed by atoms with E-state index >= 15 is 0 Å². The molecule has 0 saturated carbocycles. The van der Waals surface area contributed by atoms with Gasteiger partial charge < -0.3 is 4.74 Å². The molecule has 0 spiro atoms. The first-order chi connectivity index (χ1) is 6.24. The van der Waals surface area contributed by atoms with Crippen molar-refractivity contribution in [3.05, 3.63) is 0 Å². The molecule has 1 saturated heterocycles. The summed E-state index contributed by atoms with van der Waals surface area (Å²) in [6.07, 6.45) is 0.894. The lowest BCUT2D eigenvalue weighted by Crippen LogP contribution is -2.24. The Bertz CT molecular complexity index is 175. The Labute approximate surface area is 82.2 Å². The van der Waals surface area contributed by atoms with Crippen LogP contribution in [0.3, 0.4) is 0 Å². The van der Waals surface area contributed by atoms with E-state index in [0.717, 1.165) is 11.5 Å². The Balaban J connectivity index is 2.22. The molecule has 0 aromatic carbocycles. The molecule has 0 aromatic rings. The molecular weight excluding hydrogens is 191 g/mol. The van der Waals surface area contributed by atoms with Gasteiger partial charge in [0, 0.05) is 6.42 Å². The van der Waals surface area contributed by atoms with Crippen LogP contribution in [-0.2, 0) is 9.53 Å². The third kappa shape index (κ3) is 3.55. The van der Waals surface area contributed by atoms with Gasteiger partial charge >= 0.3 is 5.97 Å². The topological polar surface area (TPSA) is 26.3 Å². The third-order valence-corrected chi connectivity index (χ3v) is 3.52. The molecule has 4 heteroatoms. The first-order valence-electron chi connectivity index (χ1n) is 4.52. The van der Waals surface area contributed by atoms with E-state index in [9.17, 15) is 9.18 Å². The van der Waals surface area contributed by atoms with Crippen molar-refractivity contribution in [2.75, 3.05) is 18.6 Å². The van der Waals surface area contributed by atoms with E-state index in [0.29, 0.717) is 19.3 Å². The van der Waals surface area contributed by atoms with Gasteiger partial charge in [-0.05, 0) is 30.3 Å². The Morgan fingerprint density at radius 2 is 2.46 bits per heavy atom. The largest absolute Gasteiger partial charge is 0.469 e. The van der Waals surface area contributed by atoms with Crippen LogP contribution in [0.25, 0.3) is 0 Å². The predicted molar refractivity (Wildman–Crippen MR) is 51.6 cm³/mol. The number of esters is 1. The van der Waals surface area contributed by atoms with Gasteiger partial charge in [-0.3, -0.25) is 4.79 Å². The standard InChI is InChI=1S/C9H15FO2S/c1-12-9(11)3-2-7-6-13-5-4-8(7)10/h7-8H,2-6H2,1H3. The highest BCUT2D eigenvalue weighted by Crippen LogP contribution is 2.28. The number of hydrogen-bond donors (Lipinski definition) is 0. The van der Waals surface area contributed by atoms with Crippen LogP contribution in [0.2, 0.25) is 0 Å². The number of ether oxygens (including phenoxy) is 1. The van der Waals surface area contributed by atoms with Gasteiger partial charge in [-0.25, -0.2) is 4.39 Å². The molecule has 1 aliphatic heterocycles. The zero-order valence-corrected chi connectivity index (χ0v) is 8.61. The van der Waals surface area contributed by atoms with Gasteiger partial charge in [-0.2, -0.15) is 11.8 Å². The summed E-state index contributed by atoms with van der Waals surface area (Å²) < 4.78 is 17.7. The molecule has 2 nitrogen and oxygen atoms in total. The van der Waals surface area contributed by atoms with E-state index in [1.165, 1.54) is 7.11 Å². The maximum atomic E-state index is 13.2. The minimum atomic E-state index is -0.717. The second-order valence-electron chi connectivity index (χ2n) is 3.25. The minimum Gasteiger partial charge on any atom is -0.469 e. The van der Waals surface area contributed by atoms with Crippen LogP contribution in [0, 0.1) is 5.92 Å². The van der Waals surface area contributed by atoms with E-state index in [-0.39, 0.29) is 11.9 Å². The molecule has 1 heterocycles. The highest BCUT2D eigenvalue weighted by atomic mass is 32.2. The Morgan fingerprint density at radius 3 is 3.08 bits per heavy atom. The van der Waals surface area contributed by atoms with Crippen molar-refractivity contribution in [2.24, 2.45) is 5.92 Å². The fourth-order valence-corrected chi connectivity index (χ4v) is 2.68. The molecule has 0 aromatic heterocycles. The lowest BCUT2D eigenvalue weighted by atomic mass is 9.98. The molecule has 76 valence electrons. The summed E-state index contributed by atoms with van der Waals surface area (Å²) in [5.74, 6) is 1.58. The number of thioether (sulfide) groups is 1. The molecule has 0 bridgehead atoms. The highest BCUT2D eigenvalue weighted by molar-refractivity contribution is 7.99. The van der Waals surface area contributed by atoms with Gasteiger partial charge in [0.2, 0.25) is 0 Å². The first-order valence-corrected chi connectivity index (χ1v) is 5.68. The second kappa shape index (κ2) is 5.47. The van der Waals surface area contributed by atoms with Gasteiger partial charge in [0.15, 0.2) is 0 Å². The molecule has 2 unspecified atom stereocenters. The Hall–Kier alpha value is -0.250. The molecule has 0 N–H and O–H groups in total. The van der Waals surface area contributed by atoms with Crippen molar-refractivity contribution in [2.45, 2.75) is 25.4 Å². The monoisotopic (exact) mass is 206 g/mol. The average molecular weight is 206 g/mol. The number of methoxy groups -OCH3 is 1. The zero-order valence-electron chi connectivity index (χ0n) is 7.79. The van der Waals surface area contributed by atoms with Crippen molar-refractivity contribution in [1.82, 2.24) is 0 Å². The van der Waals surface area contributed by atoms with Crippen LogP contribution in [0.15, 0.2) is 0 Å². The Kier molecular flexibility index (Phi) is 4.56. The first kappa shape index (κ1) is 10.8. The molecule has 0 aliphatic carbocycles. The number of hydrogen-bond acceptors (Lipinski definition) is 3. The van der Waals surface area contributed by atoms with Gasteiger partial charge in [0.25, 0.3) is 0 Å². The molecular formula is C9H15FO2S. The molecule has 1 fully saturated rings. The average Bonchev–Trinajstić information content (AvgIpc) is 2.16. The summed E-state index contributed by atoms with van der Waals surface area (Å²) in [4.78, 5) is 10.8. The lowest BCUT2D eigenvalue weighted by molar-refractivity contribution is -0.141. The number of carbonyl (C=O) groups is 1. The SMILES string of the molecule is COC(=O)CCC1CSCCC1F. The molecule has 2 atom stereocenters. The van der Waals surface area contributed by atoms with E-state index in [1.807, 2.05) is 0 Å². The van der Waals surface area contributed by atoms with Crippen LogP contribution in [0.5, 0.6) is 0 Å². The quantitative estimate of drug-likeness (QED) is 0.661. The number of carbonyl (C=O) groups excluding carboxylic acids is 1. The van der Waals surface area contributed by atoms with Gasteiger partial charge in [0.05, 0.1) is 7.11 Å². The Morgan fingerprint density at radius 1 is 1.69 bits per heavy atom. The summed E-state index contributed by atoms with van der Waals surface area (Å²) in [6.45, 7) is 0. The summed E-state index contributed by atoms with van der Waals surface area (Å²) in [5.41, 5.74) is 0. The molecule has 0 radical (unpaired) electrons. The van der Waals surface area contributed by atoms with Gasteiger partial charge in [0.1, 0.15) is 6.17 Å². The summed E-state index contributed by atoms with van der Waals surface area (Å²) in [6, 6.07) is 0. The van der Waals surface area contributed by atoms with Crippen molar-refractivity contribution in [3.8, 4) is 0 Å². The van der Waals surface area contributed by atoms with Crippen LogP contribution >= 0.6 is 11.8 Å². The summed E-state index contributed by atoms with van der Waals surface area (Å²) in [5, 5.41) is 0. The summed E-state index contributed by atoms with van der Waals surface area (Å²) in [7, 11) is 1.37. The highest BCUT2D eigenvalue weighted by Gasteiger charge is 2.25. The van der Waals surface area contributed by atoms with Crippen LogP contribution in [-0.4, -0.2) is 30.8 Å². The molecule has 1 aliphatic rings. The van der Waals surface area contributed by atoms with E-state index in [1.54, 1.807) is 11.8 Å². The van der Waals surface area contributed by atoms with Crippen molar-refractivity contribution < 1.29 is 13.9 Å². The fourth-order valence-electron chi connectivity index (χ4n) is 1.44. The maximum absolute atomic E-state index is 13.2. The van der Waals surface area contributed by atoms with E-state index in [4.69, 9.17) is 0 Å². The van der Waals surface area contributed by atoms with Crippen LogP contribution in [0.4, 0.5) is 4.39 Å². The molecule has 0 amide bonds. The van der Waals surface area contributed by atoms with E-state index < -0.39 is 6.17 Å². The van der Waals surface area contributed by atoms with Gasteiger partial charge in [-0.15, -0.1) is 0 Å². The zero-order chi connectivity index (χ0) is 9.68. The van der Waals surface area contributed by atoms with Crippen LogP contribution in [0.1, 0.15) is 19.3 Å². The van der Waals surface area contributed by atoms with Crippen molar-refractivity contribution in [3.63, 3.8) is 0 Å². The number of halogens is 1. The number of rotatable bonds is 3. The number of alkyl halides is 1. The molecule has 1 rings (SSSR count). The normalized spacial score (nSPS) is 28.5. The van der Waals surface area contributed by atoms with E-state index in [2.05, 4.69) is 4.74 Å². The minimum absolute atomic E-state index is 0.0536. The molecule has 13 heavy (non-hydrogen) atoms. The predicted octanol–water partition coefficient (Wildman–Crippen LogP) is 2.03. The van der Waals surface area contributed by atoms with Crippen molar-refractivity contribution >= 4 is 17.7 Å². The smallest absolute Gasteiger partial charge is 0.305 e. The van der Waals surface area contributed by atoms with Gasteiger partial charge in [-0.1, -0.05) is 0 Å². The maximum Gasteiger partial charge on any atom is 0.305 e. The lowest BCUT2D eigenvalue weighted by Gasteiger charge is -2.24. The van der Waals surface area contributed by atoms with Crippen LogP contribution < -0.4 is 0 Å². The summed E-state index contributed by atoms with van der Waals surface area (Å²) >= 11 is 1.77. The second-order valence-corrected chi connectivity index (χ2v) is 4.40. The van der Waals surface area contributed by atoms with Crippen molar-refractivity contribution in [1.29, 1.82) is 0 Å². The fraction of sp³-hybridized carbons (Fsp3) is 0.889.